The summed E-state index contributed by atoms with van der Waals surface area (Å²) in [7, 11) is 0. The largest absolute Gasteiger partial charge is 0.376 e. The summed E-state index contributed by atoms with van der Waals surface area (Å²) in [5.41, 5.74) is 3.81. The van der Waals surface area contributed by atoms with Crippen molar-refractivity contribution in [3.8, 4) is 0 Å². The van der Waals surface area contributed by atoms with Gasteiger partial charge in [-0.2, -0.15) is 0 Å². The molecule has 2 aromatic rings. The minimum Gasteiger partial charge on any atom is -0.376 e. The van der Waals surface area contributed by atoms with Crippen LogP contribution in [0, 0.1) is 6.92 Å². The van der Waals surface area contributed by atoms with Crippen molar-refractivity contribution in [3.63, 3.8) is 0 Å². The SMILES string of the molecule is Cc1c(Cl)cccc1NC(=O)CNc1ccc(N2CCCC2)cc1. The monoisotopic (exact) mass is 343 g/mol. The maximum atomic E-state index is 12.1. The van der Waals surface area contributed by atoms with Gasteiger partial charge in [0, 0.05) is 35.2 Å². The van der Waals surface area contributed by atoms with E-state index in [9.17, 15) is 4.79 Å². The van der Waals surface area contributed by atoms with Gasteiger partial charge in [-0.25, -0.2) is 0 Å². The zero-order valence-corrected chi connectivity index (χ0v) is 14.6. The quantitative estimate of drug-likeness (QED) is 0.850. The molecule has 2 N–H and O–H groups in total. The molecule has 3 rings (SSSR count). The van der Waals surface area contributed by atoms with Gasteiger partial charge in [0.2, 0.25) is 5.91 Å². The molecule has 0 atom stereocenters. The lowest BCUT2D eigenvalue weighted by Crippen LogP contribution is -2.22. The molecule has 0 bridgehead atoms. The summed E-state index contributed by atoms with van der Waals surface area (Å²) in [5.74, 6) is -0.0935. The number of carbonyl (C=O) groups excluding carboxylic acids is 1. The van der Waals surface area contributed by atoms with Gasteiger partial charge in [0.15, 0.2) is 0 Å². The number of hydrogen-bond acceptors (Lipinski definition) is 3. The number of halogens is 1. The highest BCUT2D eigenvalue weighted by Crippen LogP contribution is 2.23. The average Bonchev–Trinajstić information content (AvgIpc) is 3.12. The lowest BCUT2D eigenvalue weighted by molar-refractivity contribution is -0.114. The molecule has 1 aliphatic heterocycles. The fourth-order valence-corrected chi connectivity index (χ4v) is 3.06. The van der Waals surface area contributed by atoms with Crippen LogP contribution in [-0.2, 0) is 4.79 Å². The fourth-order valence-electron chi connectivity index (χ4n) is 2.89. The molecule has 4 nitrogen and oxygen atoms in total. The number of rotatable bonds is 5. The first-order chi connectivity index (χ1) is 11.6. The topological polar surface area (TPSA) is 44.4 Å². The van der Waals surface area contributed by atoms with E-state index in [4.69, 9.17) is 11.6 Å². The van der Waals surface area contributed by atoms with Crippen LogP contribution in [0.25, 0.3) is 0 Å². The van der Waals surface area contributed by atoms with E-state index in [1.165, 1.54) is 18.5 Å². The van der Waals surface area contributed by atoms with Gasteiger partial charge in [-0.15, -0.1) is 0 Å². The van der Waals surface area contributed by atoms with Crippen LogP contribution in [-0.4, -0.2) is 25.5 Å². The summed E-state index contributed by atoms with van der Waals surface area (Å²) in [6, 6.07) is 13.7. The van der Waals surface area contributed by atoms with Crippen molar-refractivity contribution in [2.45, 2.75) is 19.8 Å². The molecule has 0 radical (unpaired) electrons. The molecule has 0 saturated carbocycles. The van der Waals surface area contributed by atoms with E-state index in [-0.39, 0.29) is 12.5 Å². The first kappa shape index (κ1) is 16.7. The molecule has 1 aliphatic rings. The summed E-state index contributed by atoms with van der Waals surface area (Å²) in [6.07, 6.45) is 2.53. The lowest BCUT2D eigenvalue weighted by Gasteiger charge is -2.18. The Kier molecular flexibility index (Phi) is 5.26. The van der Waals surface area contributed by atoms with Crippen molar-refractivity contribution < 1.29 is 4.79 Å². The molecule has 24 heavy (non-hydrogen) atoms. The molecule has 0 aromatic heterocycles. The van der Waals surface area contributed by atoms with Crippen molar-refractivity contribution in [2.75, 3.05) is 35.2 Å². The minimum atomic E-state index is -0.0935. The van der Waals surface area contributed by atoms with Crippen LogP contribution in [0.5, 0.6) is 0 Å². The molecule has 0 aliphatic carbocycles. The fraction of sp³-hybridized carbons (Fsp3) is 0.316. The first-order valence-corrected chi connectivity index (χ1v) is 8.65. The van der Waals surface area contributed by atoms with Gasteiger partial charge in [0.25, 0.3) is 0 Å². The van der Waals surface area contributed by atoms with Crippen LogP contribution >= 0.6 is 11.6 Å². The number of benzene rings is 2. The number of nitrogens with zero attached hydrogens (tertiary/aromatic N) is 1. The average molecular weight is 344 g/mol. The Morgan fingerprint density at radius 1 is 1.12 bits per heavy atom. The summed E-state index contributed by atoms with van der Waals surface area (Å²) >= 11 is 6.07. The van der Waals surface area contributed by atoms with E-state index in [0.717, 1.165) is 30.0 Å². The number of hydrogen-bond donors (Lipinski definition) is 2. The van der Waals surface area contributed by atoms with Crippen LogP contribution < -0.4 is 15.5 Å². The minimum absolute atomic E-state index is 0.0935. The Morgan fingerprint density at radius 3 is 2.54 bits per heavy atom. The van der Waals surface area contributed by atoms with Crippen molar-refractivity contribution in [1.82, 2.24) is 0 Å². The molecule has 0 spiro atoms. The van der Waals surface area contributed by atoms with Crippen LogP contribution in [0.3, 0.4) is 0 Å². The van der Waals surface area contributed by atoms with E-state index < -0.39 is 0 Å². The van der Waals surface area contributed by atoms with Crippen LogP contribution in [0.1, 0.15) is 18.4 Å². The van der Waals surface area contributed by atoms with Gasteiger partial charge in [-0.05, 0) is 61.7 Å². The van der Waals surface area contributed by atoms with Gasteiger partial charge < -0.3 is 15.5 Å². The number of nitrogens with one attached hydrogen (secondary N) is 2. The van der Waals surface area contributed by atoms with Crippen LogP contribution in [0.15, 0.2) is 42.5 Å². The number of anilines is 3. The second-order valence-electron chi connectivity index (χ2n) is 6.06. The molecule has 5 heteroatoms. The molecular formula is C19H22ClN3O. The predicted molar refractivity (Wildman–Crippen MR) is 101 cm³/mol. The lowest BCUT2D eigenvalue weighted by atomic mass is 10.2. The van der Waals surface area contributed by atoms with E-state index in [2.05, 4.69) is 27.7 Å². The van der Waals surface area contributed by atoms with Crippen molar-refractivity contribution >= 4 is 34.6 Å². The van der Waals surface area contributed by atoms with E-state index in [1.54, 1.807) is 0 Å². The number of amides is 1. The van der Waals surface area contributed by atoms with Gasteiger partial charge >= 0.3 is 0 Å². The normalized spacial score (nSPS) is 13.8. The van der Waals surface area contributed by atoms with Crippen molar-refractivity contribution in [2.24, 2.45) is 0 Å². The Hall–Kier alpha value is -2.20. The Bertz CT molecular complexity index is 709. The molecule has 1 heterocycles. The summed E-state index contributed by atoms with van der Waals surface area (Å²) in [6.45, 7) is 4.37. The highest BCUT2D eigenvalue weighted by molar-refractivity contribution is 6.31. The predicted octanol–water partition coefficient (Wildman–Crippen LogP) is 4.30. The zero-order chi connectivity index (χ0) is 16.9. The maximum absolute atomic E-state index is 12.1. The highest BCUT2D eigenvalue weighted by atomic mass is 35.5. The van der Waals surface area contributed by atoms with Gasteiger partial charge in [-0.1, -0.05) is 17.7 Å². The van der Waals surface area contributed by atoms with E-state index >= 15 is 0 Å². The van der Waals surface area contributed by atoms with Crippen LogP contribution in [0.2, 0.25) is 5.02 Å². The van der Waals surface area contributed by atoms with Gasteiger partial charge in [-0.3, -0.25) is 4.79 Å². The maximum Gasteiger partial charge on any atom is 0.243 e. The van der Waals surface area contributed by atoms with Crippen molar-refractivity contribution in [1.29, 1.82) is 0 Å². The third-order valence-electron chi connectivity index (χ3n) is 4.33. The third-order valence-corrected chi connectivity index (χ3v) is 4.74. The zero-order valence-electron chi connectivity index (χ0n) is 13.8. The van der Waals surface area contributed by atoms with Crippen molar-refractivity contribution in [3.05, 3.63) is 53.1 Å². The molecule has 126 valence electrons. The molecular weight excluding hydrogens is 322 g/mol. The van der Waals surface area contributed by atoms with Gasteiger partial charge in [0.1, 0.15) is 0 Å². The molecule has 1 saturated heterocycles. The molecule has 2 aromatic carbocycles. The van der Waals surface area contributed by atoms with E-state index in [1.807, 2.05) is 37.3 Å². The van der Waals surface area contributed by atoms with E-state index in [0.29, 0.717) is 5.02 Å². The van der Waals surface area contributed by atoms with Gasteiger partial charge in [0.05, 0.1) is 6.54 Å². The highest BCUT2D eigenvalue weighted by Gasteiger charge is 2.12. The first-order valence-electron chi connectivity index (χ1n) is 8.27. The summed E-state index contributed by atoms with van der Waals surface area (Å²) < 4.78 is 0. The second-order valence-corrected chi connectivity index (χ2v) is 6.46. The second kappa shape index (κ2) is 7.58. The Balaban J connectivity index is 1.53. The Morgan fingerprint density at radius 2 is 1.83 bits per heavy atom. The summed E-state index contributed by atoms with van der Waals surface area (Å²) in [4.78, 5) is 14.5. The van der Waals surface area contributed by atoms with Crippen LogP contribution in [0.4, 0.5) is 17.1 Å². The summed E-state index contributed by atoms with van der Waals surface area (Å²) in [5, 5.41) is 6.69. The molecule has 0 unspecified atom stereocenters. The molecule has 1 fully saturated rings. The third kappa shape index (κ3) is 4.01. The molecule has 1 amide bonds. The Labute approximate surface area is 147 Å². The number of carbonyl (C=O) groups is 1. The smallest absolute Gasteiger partial charge is 0.243 e. The standard InChI is InChI=1S/C19H22ClN3O/c1-14-17(20)5-4-6-18(14)22-19(24)13-21-15-7-9-16(10-8-15)23-11-2-3-12-23/h4-10,21H,2-3,11-13H2,1H3,(H,22,24).